The van der Waals surface area contributed by atoms with Crippen LogP contribution in [-0.2, 0) is 11.3 Å². The molecule has 0 aliphatic rings. The Morgan fingerprint density at radius 2 is 1.88 bits per heavy atom. The van der Waals surface area contributed by atoms with Crippen LogP contribution in [0.1, 0.15) is 23.0 Å². The Labute approximate surface area is 141 Å². The highest BCUT2D eigenvalue weighted by atomic mass is 16.2. The molecule has 0 saturated carbocycles. The highest BCUT2D eigenvalue weighted by Gasteiger charge is 2.14. The van der Waals surface area contributed by atoms with Crippen molar-refractivity contribution in [3.05, 3.63) is 41.7 Å². The number of aromatic nitrogens is 2. The van der Waals surface area contributed by atoms with Crippen LogP contribution in [-0.4, -0.2) is 47.1 Å². The van der Waals surface area contributed by atoms with Gasteiger partial charge in [-0.1, -0.05) is 6.07 Å². The molecule has 2 N–H and O–H groups in total. The fraction of sp³-hybridized carbons (Fsp3) is 0.353. The van der Waals surface area contributed by atoms with Crippen LogP contribution in [0.25, 0.3) is 0 Å². The zero-order valence-electron chi connectivity index (χ0n) is 14.5. The molecular weight excluding hydrogens is 306 g/mol. The molecule has 2 amide bonds. The molecule has 2 aromatic rings. The summed E-state index contributed by atoms with van der Waals surface area (Å²) >= 11 is 0. The van der Waals surface area contributed by atoms with Crippen LogP contribution in [0.3, 0.4) is 0 Å². The quantitative estimate of drug-likeness (QED) is 0.849. The number of hydrogen-bond acceptors (Lipinski definition) is 4. The summed E-state index contributed by atoms with van der Waals surface area (Å²) in [5.41, 5.74) is 2.62. The van der Waals surface area contributed by atoms with E-state index in [9.17, 15) is 9.59 Å². The number of likely N-dealkylation sites (N-methyl/N-ethyl adjacent to an activating group) is 1. The number of hydrogen-bond donors (Lipinski definition) is 2. The van der Waals surface area contributed by atoms with Crippen molar-refractivity contribution in [2.75, 3.05) is 31.3 Å². The van der Waals surface area contributed by atoms with Gasteiger partial charge in [-0.15, -0.1) is 0 Å². The largest absolute Gasteiger partial charge is 0.325 e. The number of aryl methyl sites for hydroxylation is 1. The molecule has 0 fully saturated rings. The Bertz CT molecular complexity index is 736. The molecule has 1 heterocycles. The maximum Gasteiger partial charge on any atom is 0.259 e. The van der Waals surface area contributed by atoms with E-state index >= 15 is 0 Å². The van der Waals surface area contributed by atoms with Crippen LogP contribution in [0.15, 0.2) is 30.5 Å². The third-order valence-electron chi connectivity index (χ3n) is 3.51. The van der Waals surface area contributed by atoms with E-state index in [0.717, 1.165) is 5.69 Å². The molecule has 1 aromatic carbocycles. The lowest BCUT2D eigenvalue weighted by Gasteiger charge is -2.11. The molecule has 0 atom stereocenters. The van der Waals surface area contributed by atoms with Crippen LogP contribution in [0.5, 0.6) is 0 Å². The van der Waals surface area contributed by atoms with Crippen molar-refractivity contribution in [2.24, 2.45) is 0 Å². The van der Waals surface area contributed by atoms with Gasteiger partial charge in [-0.3, -0.25) is 14.3 Å². The van der Waals surface area contributed by atoms with Gasteiger partial charge in [0.2, 0.25) is 5.91 Å². The van der Waals surface area contributed by atoms with Gasteiger partial charge in [0.05, 0.1) is 18.3 Å². The highest BCUT2D eigenvalue weighted by molar-refractivity contribution is 6.05. The fourth-order valence-corrected chi connectivity index (χ4v) is 2.35. The molecule has 128 valence electrons. The summed E-state index contributed by atoms with van der Waals surface area (Å²) in [6.07, 6.45) is 1.57. The molecule has 0 spiro atoms. The summed E-state index contributed by atoms with van der Waals surface area (Å²) in [6.45, 7) is 4.85. The fourth-order valence-electron chi connectivity index (χ4n) is 2.35. The minimum atomic E-state index is -0.219. The van der Waals surface area contributed by atoms with E-state index in [-0.39, 0.29) is 11.8 Å². The summed E-state index contributed by atoms with van der Waals surface area (Å²) in [6, 6.07) is 7.07. The molecule has 0 saturated heterocycles. The molecule has 0 radical (unpaired) electrons. The second-order valence-electron chi connectivity index (χ2n) is 5.78. The van der Waals surface area contributed by atoms with Crippen LogP contribution < -0.4 is 10.6 Å². The van der Waals surface area contributed by atoms with Crippen molar-refractivity contribution >= 4 is 23.2 Å². The lowest BCUT2D eigenvalue weighted by molar-refractivity contribution is -0.116. The van der Waals surface area contributed by atoms with Gasteiger partial charge >= 0.3 is 0 Å². The van der Waals surface area contributed by atoms with Crippen LogP contribution >= 0.6 is 0 Å². The minimum Gasteiger partial charge on any atom is -0.325 e. The molecule has 0 unspecified atom stereocenters. The Hall–Kier alpha value is -2.67. The number of anilines is 2. The third kappa shape index (κ3) is 4.42. The second-order valence-corrected chi connectivity index (χ2v) is 5.78. The van der Waals surface area contributed by atoms with E-state index in [1.807, 2.05) is 27.9 Å². The lowest BCUT2D eigenvalue weighted by atomic mass is 10.2. The number of carbonyl (C=O) groups is 2. The van der Waals surface area contributed by atoms with E-state index in [0.29, 0.717) is 30.0 Å². The average Bonchev–Trinajstić information content (AvgIpc) is 2.87. The first-order chi connectivity index (χ1) is 11.4. The van der Waals surface area contributed by atoms with Crippen molar-refractivity contribution in [3.63, 3.8) is 0 Å². The van der Waals surface area contributed by atoms with E-state index in [1.54, 1.807) is 40.0 Å². The number of amides is 2. The molecule has 0 aliphatic carbocycles. The first-order valence-corrected chi connectivity index (χ1v) is 7.79. The zero-order valence-corrected chi connectivity index (χ0v) is 14.5. The summed E-state index contributed by atoms with van der Waals surface area (Å²) < 4.78 is 1.77. The van der Waals surface area contributed by atoms with Gasteiger partial charge in [-0.2, -0.15) is 5.10 Å². The molecule has 2 rings (SSSR count). The maximum absolute atomic E-state index is 12.4. The lowest BCUT2D eigenvalue weighted by Crippen LogP contribution is -2.27. The summed E-state index contributed by atoms with van der Waals surface area (Å²) in [5, 5.41) is 9.82. The Kier molecular flexibility index (Phi) is 5.70. The normalized spacial score (nSPS) is 10.7. The highest BCUT2D eigenvalue weighted by Crippen LogP contribution is 2.17. The summed E-state index contributed by atoms with van der Waals surface area (Å²) in [4.78, 5) is 26.0. The predicted octanol–water partition coefficient (Wildman–Crippen LogP) is 1.96. The van der Waals surface area contributed by atoms with Crippen molar-refractivity contribution in [1.29, 1.82) is 0 Å². The van der Waals surface area contributed by atoms with Crippen molar-refractivity contribution in [3.8, 4) is 0 Å². The van der Waals surface area contributed by atoms with E-state index < -0.39 is 0 Å². The van der Waals surface area contributed by atoms with Gasteiger partial charge in [-0.05, 0) is 46.1 Å². The van der Waals surface area contributed by atoms with E-state index in [2.05, 4.69) is 15.7 Å². The van der Waals surface area contributed by atoms with Gasteiger partial charge in [0, 0.05) is 23.6 Å². The standard InChI is InChI=1S/C17H23N5O2/c1-5-22-12(2)15(10-18-22)17(24)20-14-8-6-7-13(9-14)19-16(23)11-21(3)4/h6-10H,5,11H2,1-4H3,(H,19,23)(H,20,24). The SMILES string of the molecule is CCn1ncc(C(=O)Nc2cccc(NC(=O)CN(C)C)c2)c1C. The Morgan fingerprint density at radius 3 is 2.46 bits per heavy atom. The minimum absolute atomic E-state index is 0.108. The summed E-state index contributed by atoms with van der Waals surface area (Å²) in [5.74, 6) is -0.326. The van der Waals surface area contributed by atoms with Crippen LogP contribution in [0.4, 0.5) is 11.4 Å². The third-order valence-corrected chi connectivity index (χ3v) is 3.51. The van der Waals surface area contributed by atoms with Crippen molar-refractivity contribution in [2.45, 2.75) is 20.4 Å². The Morgan fingerprint density at radius 1 is 1.21 bits per heavy atom. The second kappa shape index (κ2) is 7.74. The van der Waals surface area contributed by atoms with Crippen molar-refractivity contribution in [1.82, 2.24) is 14.7 Å². The van der Waals surface area contributed by atoms with Gasteiger partial charge in [0.15, 0.2) is 0 Å². The molecular formula is C17H23N5O2. The zero-order chi connectivity index (χ0) is 17.7. The Balaban J connectivity index is 2.07. The average molecular weight is 329 g/mol. The molecule has 1 aromatic heterocycles. The summed E-state index contributed by atoms with van der Waals surface area (Å²) in [7, 11) is 3.66. The van der Waals surface area contributed by atoms with E-state index in [4.69, 9.17) is 0 Å². The van der Waals surface area contributed by atoms with Gasteiger partial charge in [-0.25, -0.2) is 0 Å². The topological polar surface area (TPSA) is 79.3 Å². The smallest absolute Gasteiger partial charge is 0.259 e. The van der Waals surface area contributed by atoms with Gasteiger partial charge < -0.3 is 15.5 Å². The maximum atomic E-state index is 12.4. The van der Waals surface area contributed by atoms with Crippen molar-refractivity contribution < 1.29 is 9.59 Å². The number of benzene rings is 1. The molecule has 0 bridgehead atoms. The monoisotopic (exact) mass is 329 g/mol. The van der Waals surface area contributed by atoms with Crippen LogP contribution in [0.2, 0.25) is 0 Å². The number of rotatable bonds is 6. The molecule has 7 heteroatoms. The number of nitrogens with one attached hydrogen (secondary N) is 2. The molecule has 7 nitrogen and oxygen atoms in total. The number of carbonyl (C=O) groups excluding carboxylic acids is 2. The molecule has 0 aliphatic heterocycles. The first kappa shape index (κ1) is 17.7. The van der Waals surface area contributed by atoms with Gasteiger partial charge in [0.1, 0.15) is 0 Å². The predicted molar refractivity (Wildman–Crippen MR) is 94.2 cm³/mol. The first-order valence-electron chi connectivity index (χ1n) is 7.79. The van der Waals surface area contributed by atoms with Crippen LogP contribution in [0, 0.1) is 6.92 Å². The molecule has 24 heavy (non-hydrogen) atoms. The van der Waals surface area contributed by atoms with E-state index in [1.165, 1.54) is 0 Å². The number of nitrogens with zero attached hydrogens (tertiary/aromatic N) is 3. The van der Waals surface area contributed by atoms with Gasteiger partial charge in [0.25, 0.3) is 5.91 Å².